The molecule has 1 aliphatic carbocycles. The van der Waals surface area contributed by atoms with Gasteiger partial charge in [-0.1, -0.05) is 45.4 Å². The first-order chi connectivity index (χ1) is 12.4. The van der Waals surface area contributed by atoms with E-state index in [0.717, 1.165) is 22.8 Å². The summed E-state index contributed by atoms with van der Waals surface area (Å²) in [6.45, 7) is 3.38. The molecule has 25 heavy (non-hydrogen) atoms. The van der Waals surface area contributed by atoms with Crippen LogP contribution in [0.5, 0.6) is 0 Å². The molecule has 1 saturated carbocycles. The Kier molecular flexibility index (Phi) is 12.4. The summed E-state index contributed by atoms with van der Waals surface area (Å²) in [6.07, 6.45) is 25.2. The third-order valence-electron chi connectivity index (χ3n) is 6.24. The molecule has 148 valence electrons. The standard InChI is InChI=1S/C23H45OS/c1-2-3-20-25(23-17-10-8-11-18-23)21-14-7-5-4-6-9-15-22-16-12-13-19-24-22/h22-23H,2-21H2,1H3/q+1. The van der Waals surface area contributed by atoms with Gasteiger partial charge in [-0.15, -0.1) is 0 Å². The van der Waals surface area contributed by atoms with Crippen LogP contribution in [0, 0.1) is 0 Å². The number of hydrogen-bond acceptors (Lipinski definition) is 1. The van der Waals surface area contributed by atoms with Gasteiger partial charge in [-0.25, -0.2) is 0 Å². The number of unbranched alkanes of at least 4 members (excludes halogenated alkanes) is 6. The monoisotopic (exact) mass is 369 g/mol. The summed E-state index contributed by atoms with van der Waals surface area (Å²) in [5.74, 6) is 3.10. The SMILES string of the molecule is CCCC[S+](CCCCCCCCC1CCCCO1)C1CCCCC1. The average Bonchev–Trinajstić information content (AvgIpc) is 2.67. The number of rotatable bonds is 13. The van der Waals surface area contributed by atoms with Crippen molar-refractivity contribution in [2.24, 2.45) is 0 Å². The Balaban J connectivity index is 1.46. The Morgan fingerprint density at radius 3 is 2.12 bits per heavy atom. The molecule has 0 aromatic rings. The molecule has 0 N–H and O–H groups in total. The highest BCUT2D eigenvalue weighted by molar-refractivity contribution is 7.97. The highest BCUT2D eigenvalue weighted by Crippen LogP contribution is 2.27. The summed E-state index contributed by atoms with van der Waals surface area (Å²) < 4.78 is 5.84. The average molecular weight is 370 g/mol. The molecule has 0 radical (unpaired) electrons. The summed E-state index contributed by atoms with van der Waals surface area (Å²) in [7, 11) is 0.760. The van der Waals surface area contributed by atoms with Crippen molar-refractivity contribution in [3.8, 4) is 0 Å². The minimum absolute atomic E-state index is 0.602. The summed E-state index contributed by atoms with van der Waals surface area (Å²) in [5, 5.41) is 1.11. The van der Waals surface area contributed by atoms with Crippen LogP contribution in [0.25, 0.3) is 0 Å². The van der Waals surface area contributed by atoms with Gasteiger partial charge in [-0.3, -0.25) is 0 Å². The lowest BCUT2D eigenvalue weighted by Gasteiger charge is -2.23. The zero-order valence-electron chi connectivity index (χ0n) is 17.1. The maximum Gasteiger partial charge on any atom is 0.118 e. The van der Waals surface area contributed by atoms with Gasteiger partial charge >= 0.3 is 0 Å². The van der Waals surface area contributed by atoms with E-state index in [-0.39, 0.29) is 0 Å². The number of hydrogen-bond donors (Lipinski definition) is 0. The van der Waals surface area contributed by atoms with Crippen LogP contribution in [0.3, 0.4) is 0 Å². The molecule has 2 aliphatic rings. The third kappa shape index (κ3) is 9.70. The van der Waals surface area contributed by atoms with E-state index in [1.54, 1.807) is 24.3 Å². The van der Waals surface area contributed by atoms with Crippen molar-refractivity contribution in [2.45, 2.75) is 127 Å². The molecule has 0 amide bonds. The van der Waals surface area contributed by atoms with E-state index in [0.29, 0.717) is 6.10 Å². The Bertz CT molecular complexity index is 294. The highest BCUT2D eigenvalue weighted by Gasteiger charge is 2.30. The third-order valence-corrected chi connectivity index (χ3v) is 9.28. The van der Waals surface area contributed by atoms with Crippen molar-refractivity contribution in [1.82, 2.24) is 0 Å². The van der Waals surface area contributed by atoms with Crippen LogP contribution in [0.2, 0.25) is 0 Å². The lowest BCUT2D eigenvalue weighted by atomic mass is 10.0. The summed E-state index contributed by atoms with van der Waals surface area (Å²) in [6, 6.07) is 0. The Morgan fingerprint density at radius 1 is 0.720 bits per heavy atom. The zero-order chi connectivity index (χ0) is 17.6. The van der Waals surface area contributed by atoms with Crippen molar-refractivity contribution in [2.75, 3.05) is 18.1 Å². The van der Waals surface area contributed by atoms with E-state index < -0.39 is 0 Å². The van der Waals surface area contributed by atoms with E-state index in [2.05, 4.69) is 6.92 Å². The van der Waals surface area contributed by atoms with E-state index in [4.69, 9.17) is 4.74 Å². The summed E-state index contributed by atoms with van der Waals surface area (Å²) in [4.78, 5) is 0. The second kappa shape index (κ2) is 14.4. The lowest BCUT2D eigenvalue weighted by molar-refractivity contribution is 0.00977. The van der Waals surface area contributed by atoms with Gasteiger partial charge in [-0.2, -0.15) is 0 Å². The van der Waals surface area contributed by atoms with Gasteiger partial charge in [0.2, 0.25) is 0 Å². The van der Waals surface area contributed by atoms with Crippen LogP contribution in [0.1, 0.15) is 116 Å². The fourth-order valence-corrected chi connectivity index (χ4v) is 7.67. The predicted molar refractivity (Wildman–Crippen MR) is 115 cm³/mol. The molecular formula is C23H45OS+. The second-order valence-electron chi connectivity index (χ2n) is 8.46. The van der Waals surface area contributed by atoms with Crippen molar-refractivity contribution in [3.63, 3.8) is 0 Å². The first kappa shape index (κ1) is 21.6. The minimum Gasteiger partial charge on any atom is -0.378 e. The smallest absolute Gasteiger partial charge is 0.118 e. The van der Waals surface area contributed by atoms with Crippen LogP contribution in [-0.4, -0.2) is 29.5 Å². The van der Waals surface area contributed by atoms with Crippen molar-refractivity contribution >= 4 is 10.9 Å². The Hall–Kier alpha value is 0.310. The quantitative estimate of drug-likeness (QED) is 0.250. The maximum absolute atomic E-state index is 5.84. The largest absolute Gasteiger partial charge is 0.378 e. The fourth-order valence-electron chi connectivity index (χ4n) is 4.57. The summed E-state index contributed by atoms with van der Waals surface area (Å²) >= 11 is 0. The van der Waals surface area contributed by atoms with Crippen LogP contribution in [0.15, 0.2) is 0 Å². The van der Waals surface area contributed by atoms with Crippen LogP contribution < -0.4 is 0 Å². The fraction of sp³-hybridized carbons (Fsp3) is 1.00. The molecular weight excluding hydrogens is 324 g/mol. The number of ether oxygens (including phenoxy) is 1. The van der Waals surface area contributed by atoms with Gasteiger partial charge in [0.15, 0.2) is 0 Å². The molecule has 2 atom stereocenters. The van der Waals surface area contributed by atoms with E-state index in [1.807, 2.05) is 0 Å². The van der Waals surface area contributed by atoms with Crippen molar-refractivity contribution in [3.05, 3.63) is 0 Å². The van der Waals surface area contributed by atoms with E-state index in [9.17, 15) is 0 Å². The molecule has 1 nitrogen and oxygen atoms in total. The van der Waals surface area contributed by atoms with Gasteiger partial charge in [0, 0.05) is 6.61 Å². The van der Waals surface area contributed by atoms with Gasteiger partial charge in [0.25, 0.3) is 0 Å². The normalized spacial score (nSPS) is 23.6. The first-order valence-corrected chi connectivity index (χ1v) is 13.3. The highest BCUT2D eigenvalue weighted by atomic mass is 32.2. The van der Waals surface area contributed by atoms with Crippen LogP contribution in [0.4, 0.5) is 0 Å². The predicted octanol–water partition coefficient (Wildman–Crippen LogP) is 7.04. The first-order valence-electron chi connectivity index (χ1n) is 11.7. The summed E-state index contributed by atoms with van der Waals surface area (Å²) in [5.41, 5.74) is 0. The Morgan fingerprint density at radius 2 is 1.40 bits per heavy atom. The molecule has 2 heteroatoms. The molecule has 0 aromatic heterocycles. The molecule has 0 bridgehead atoms. The molecule has 1 saturated heterocycles. The zero-order valence-corrected chi connectivity index (χ0v) is 17.9. The molecule has 2 unspecified atom stereocenters. The topological polar surface area (TPSA) is 9.23 Å². The van der Waals surface area contributed by atoms with Crippen LogP contribution in [-0.2, 0) is 15.6 Å². The molecule has 1 aliphatic heterocycles. The molecule has 2 fully saturated rings. The lowest BCUT2D eigenvalue weighted by Crippen LogP contribution is -2.29. The van der Waals surface area contributed by atoms with Gasteiger partial charge in [0.05, 0.1) is 6.10 Å². The van der Waals surface area contributed by atoms with Crippen molar-refractivity contribution in [1.29, 1.82) is 0 Å². The van der Waals surface area contributed by atoms with Gasteiger partial charge in [-0.05, 0) is 81.5 Å². The molecule has 0 aromatic carbocycles. The second-order valence-corrected chi connectivity index (χ2v) is 11.0. The molecule has 1 heterocycles. The van der Waals surface area contributed by atoms with Gasteiger partial charge < -0.3 is 4.74 Å². The molecule has 0 spiro atoms. The molecule has 2 rings (SSSR count). The van der Waals surface area contributed by atoms with E-state index >= 15 is 0 Å². The maximum atomic E-state index is 5.84. The van der Waals surface area contributed by atoms with Gasteiger partial charge in [0.1, 0.15) is 16.8 Å². The van der Waals surface area contributed by atoms with Crippen molar-refractivity contribution < 1.29 is 4.74 Å². The minimum atomic E-state index is 0.602. The van der Waals surface area contributed by atoms with Crippen LogP contribution >= 0.6 is 0 Å². The Labute approximate surface area is 161 Å². The van der Waals surface area contributed by atoms with E-state index in [1.165, 1.54) is 96.3 Å².